The minimum Gasteiger partial charge on any atom is -0.215 e. The Kier molecular flexibility index (Phi) is 2.48. The van der Waals surface area contributed by atoms with Crippen molar-refractivity contribution in [1.82, 2.24) is 9.36 Å². The lowest BCUT2D eigenvalue weighted by Crippen LogP contribution is -1.96. The van der Waals surface area contributed by atoms with E-state index in [2.05, 4.69) is 56.2 Å². The van der Waals surface area contributed by atoms with E-state index >= 15 is 0 Å². The normalized spacial score (nSPS) is 15.5. The number of hydrogen-bond donors (Lipinski definition) is 0. The number of benzene rings is 1. The molecule has 0 amide bonds. The van der Waals surface area contributed by atoms with Crippen LogP contribution in [-0.4, -0.2) is 9.36 Å². The van der Waals surface area contributed by atoms with Crippen LogP contribution in [0.3, 0.4) is 0 Å². The Bertz CT molecular complexity index is 470. The molecule has 0 N–H and O–H groups in total. The van der Waals surface area contributed by atoms with Crippen molar-refractivity contribution in [1.29, 1.82) is 0 Å². The van der Waals surface area contributed by atoms with Crippen molar-refractivity contribution in [2.75, 3.05) is 0 Å². The van der Waals surface area contributed by atoms with Gasteiger partial charge in [-0.25, -0.2) is 4.98 Å². The van der Waals surface area contributed by atoms with Gasteiger partial charge in [0.05, 0.1) is 0 Å². The van der Waals surface area contributed by atoms with Crippen LogP contribution in [0.25, 0.3) is 0 Å². The Morgan fingerprint density at radius 1 is 1.20 bits per heavy atom. The molecule has 0 saturated carbocycles. The van der Waals surface area contributed by atoms with Gasteiger partial charge < -0.3 is 0 Å². The zero-order valence-electron chi connectivity index (χ0n) is 7.98. The molecule has 1 aromatic carbocycles. The second-order valence-corrected chi connectivity index (χ2v) is 5.52. The van der Waals surface area contributed by atoms with Crippen LogP contribution in [0.2, 0.25) is 0 Å². The fourth-order valence-electron chi connectivity index (χ4n) is 2.12. The average molecular weight is 328 g/mol. The summed E-state index contributed by atoms with van der Waals surface area (Å²) < 4.78 is 5.12. The van der Waals surface area contributed by atoms with Gasteiger partial charge in [-0.1, -0.05) is 24.3 Å². The van der Waals surface area contributed by atoms with Crippen molar-refractivity contribution in [2.24, 2.45) is 0 Å². The number of halogens is 1. The van der Waals surface area contributed by atoms with Crippen LogP contribution in [0, 0.1) is 3.83 Å². The minimum atomic E-state index is 0.559. The lowest BCUT2D eigenvalue weighted by molar-refractivity contribution is 0.732. The number of rotatable bonds is 1. The van der Waals surface area contributed by atoms with E-state index in [9.17, 15) is 0 Å². The molecule has 15 heavy (non-hydrogen) atoms. The Labute approximate surface area is 106 Å². The molecule has 0 saturated heterocycles. The van der Waals surface area contributed by atoms with Crippen LogP contribution >= 0.6 is 34.1 Å². The van der Waals surface area contributed by atoms with Crippen molar-refractivity contribution in [3.05, 3.63) is 44.2 Å². The molecule has 76 valence electrons. The smallest absolute Gasteiger partial charge is 0.203 e. The van der Waals surface area contributed by atoms with E-state index in [0.717, 1.165) is 16.7 Å². The van der Waals surface area contributed by atoms with Gasteiger partial charge >= 0.3 is 0 Å². The van der Waals surface area contributed by atoms with Crippen molar-refractivity contribution < 1.29 is 0 Å². The highest BCUT2D eigenvalue weighted by molar-refractivity contribution is 14.1. The molecule has 0 fully saturated rings. The molecule has 1 aliphatic carbocycles. The number of aromatic nitrogens is 2. The minimum absolute atomic E-state index is 0.559. The van der Waals surface area contributed by atoms with Gasteiger partial charge in [0.2, 0.25) is 3.83 Å². The topological polar surface area (TPSA) is 25.8 Å². The van der Waals surface area contributed by atoms with E-state index < -0.39 is 0 Å². The molecule has 2 nitrogen and oxygen atoms in total. The Balaban J connectivity index is 1.90. The highest BCUT2D eigenvalue weighted by Gasteiger charge is 2.25. The quantitative estimate of drug-likeness (QED) is 0.752. The molecule has 4 heteroatoms. The highest BCUT2D eigenvalue weighted by atomic mass is 127. The van der Waals surface area contributed by atoms with Crippen molar-refractivity contribution >= 4 is 34.1 Å². The third kappa shape index (κ3) is 1.80. The van der Waals surface area contributed by atoms with Crippen LogP contribution < -0.4 is 0 Å². The maximum atomic E-state index is 4.47. The zero-order valence-corrected chi connectivity index (χ0v) is 11.0. The summed E-state index contributed by atoms with van der Waals surface area (Å²) in [6.45, 7) is 0. The van der Waals surface area contributed by atoms with Gasteiger partial charge in [0.1, 0.15) is 5.01 Å². The third-order valence-corrected chi connectivity index (χ3v) is 4.50. The van der Waals surface area contributed by atoms with E-state index in [4.69, 9.17) is 0 Å². The maximum absolute atomic E-state index is 4.47. The summed E-state index contributed by atoms with van der Waals surface area (Å²) in [4.78, 5) is 4.47. The molecule has 0 aliphatic heterocycles. The summed E-state index contributed by atoms with van der Waals surface area (Å²) in [5.74, 6) is 0.559. The van der Waals surface area contributed by atoms with Gasteiger partial charge in [-0.2, -0.15) is 4.37 Å². The molecule has 1 heterocycles. The van der Waals surface area contributed by atoms with E-state index in [1.807, 2.05) is 0 Å². The van der Waals surface area contributed by atoms with Crippen LogP contribution in [0.5, 0.6) is 0 Å². The van der Waals surface area contributed by atoms with Crippen molar-refractivity contribution in [2.45, 2.75) is 18.8 Å². The van der Waals surface area contributed by atoms with E-state index in [1.165, 1.54) is 16.1 Å². The molecule has 3 rings (SSSR count). The van der Waals surface area contributed by atoms with Gasteiger partial charge in [-0.15, -0.1) is 0 Å². The predicted molar refractivity (Wildman–Crippen MR) is 69.2 cm³/mol. The molecule has 1 aromatic heterocycles. The first-order chi connectivity index (χ1) is 7.33. The predicted octanol–water partition coefficient (Wildman–Crippen LogP) is 3.03. The van der Waals surface area contributed by atoms with Gasteiger partial charge in [0, 0.05) is 28.5 Å². The SMILES string of the molecule is Ic1nsc(C2Cc3ccccc3C2)n1. The first kappa shape index (κ1) is 9.72. The largest absolute Gasteiger partial charge is 0.215 e. The average Bonchev–Trinajstić information content (AvgIpc) is 2.82. The number of nitrogens with zero attached hydrogens (tertiary/aromatic N) is 2. The molecule has 0 atom stereocenters. The van der Waals surface area contributed by atoms with Crippen LogP contribution in [0.4, 0.5) is 0 Å². The van der Waals surface area contributed by atoms with Gasteiger partial charge in [0.15, 0.2) is 0 Å². The Hall–Kier alpha value is -0.490. The van der Waals surface area contributed by atoms with Crippen molar-refractivity contribution in [3.63, 3.8) is 0 Å². The zero-order chi connectivity index (χ0) is 10.3. The Morgan fingerprint density at radius 3 is 2.40 bits per heavy atom. The van der Waals surface area contributed by atoms with Gasteiger partial charge in [0.25, 0.3) is 0 Å². The fourth-order valence-corrected chi connectivity index (χ4v) is 3.49. The standard InChI is InChI=1S/C11H9IN2S/c12-11-13-10(15-14-11)9-5-7-3-1-2-4-8(7)6-9/h1-4,9H,5-6H2. The molecule has 1 aliphatic rings. The number of hydrogen-bond acceptors (Lipinski definition) is 3. The molecule has 0 radical (unpaired) electrons. The second kappa shape index (κ2) is 3.83. The van der Waals surface area contributed by atoms with E-state index in [0.29, 0.717) is 5.92 Å². The summed E-state index contributed by atoms with van der Waals surface area (Å²) in [6.07, 6.45) is 2.25. The fraction of sp³-hybridized carbons (Fsp3) is 0.273. The van der Waals surface area contributed by atoms with Gasteiger partial charge in [-0.05, 0) is 35.5 Å². The van der Waals surface area contributed by atoms with Gasteiger partial charge in [-0.3, -0.25) is 0 Å². The van der Waals surface area contributed by atoms with Crippen molar-refractivity contribution in [3.8, 4) is 0 Å². The molecular weight excluding hydrogens is 319 g/mol. The maximum Gasteiger partial charge on any atom is 0.203 e. The first-order valence-corrected chi connectivity index (χ1v) is 6.74. The highest BCUT2D eigenvalue weighted by Crippen LogP contribution is 2.34. The van der Waals surface area contributed by atoms with E-state index in [1.54, 1.807) is 11.5 Å². The lowest BCUT2D eigenvalue weighted by atomic mass is 10.1. The molecule has 0 bridgehead atoms. The molecular formula is C11H9IN2S. The second-order valence-electron chi connectivity index (χ2n) is 3.78. The molecule has 2 aromatic rings. The summed E-state index contributed by atoms with van der Waals surface area (Å²) in [6, 6.07) is 8.68. The Morgan fingerprint density at radius 2 is 1.87 bits per heavy atom. The summed E-state index contributed by atoms with van der Waals surface area (Å²) >= 11 is 3.72. The summed E-state index contributed by atoms with van der Waals surface area (Å²) in [5.41, 5.74) is 2.96. The molecule has 0 spiro atoms. The molecule has 0 unspecified atom stereocenters. The van der Waals surface area contributed by atoms with Crippen LogP contribution in [-0.2, 0) is 12.8 Å². The van der Waals surface area contributed by atoms with Crippen LogP contribution in [0.1, 0.15) is 22.1 Å². The third-order valence-electron chi connectivity index (χ3n) is 2.82. The first-order valence-electron chi connectivity index (χ1n) is 4.89. The van der Waals surface area contributed by atoms with Crippen LogP contribution in [0.15, 0.2) is 24.3 Å². The summed E-state index contributed by atoms with van der Waals surface area (Å²) in [5, 5.41) is 1.19. The van der Waals surface area contributed by atoms with E-state index in [-0.39, 0.29) is 0 Å². The number of fused-ring (bicyclic) bond motifs is 1. The monoisotopic (exact) mass is 328 g/mol. The summed E-state index contributed by atoms with van der Waals surface area (Å²) in [7, 11) is 0. The lowest BCUT2D eigenvalue weighted by Gasteiger charge is -2.01.